The van der Waals surface area contributed by atoms with Gasteiger partial charge in [-0.1, -0.05) is 26.7 Å². The summed E-state index contributed by atoms with van der Waals surface area (Å²) in [6.45, 7) is 4.20. The molecule has 1 aliphatic carbocycles. The van der Waals surface area contributed by atoms with Crippen molar-refractivity contribution in [2.45, 2.75) is 65.2 Å². The smallest absolute Gasteiger partial charge is 0.228 e. The van der Waals surface area contributed by atoms with Gasteiger partial charge in [-0.15, -0.1) is 11.3 Å². The summed E-state index contributed by atoms with van der Waals surface area (Å²) in [7, 11) is 0. The van der Waals surface area contributed by atoms with Crippen LogP contribution in [0.15, 0.2) is 0 Å². The molecule has 2 rings (SSSR count). The number of carbonyl (C=O) groups excluding carboxylic acids is 1. The van der Waals surface area contributed by atoms with Gasteiger partial charge in [-0.3, -0.25) is 4.79 Å². The van der Waals surface area contributed by atoms with Gasteiger partial charge in [0.05, 0.1) is 5.56 Å². The third-order valence-corrected chi connectivity index (χ3v) is 5.50. The van der Waals surface area contributed by atoms with E-state index in [1.54, 1.807) is 11.3 Å². The maximum Gasteiger partial charge on any atom is 0.228 e. The molecule has 0 saturated carbocycles. The van der Waals surface area contributed by atoms with Gasteiger partial charge in [-0.25, -0.2) is 0 Å². The molecule has 0 unspecified atom stereocenters. The van der Waals surface area contributed by atoms with Crippen LogP contribution in [0.4, 0.5) is 5.00 Å². The van der Waals surface area contributed by atoms with Crippen LogP contribution in [0.25, 0.3) is 0 Å². The Morgan fingerprint density at radius 3 is 2.81 bits per heavy atom. The van der Waals surface area contributed by atoms with Crippen LogP contribution in [0.1, 0.15) is 68.4 Å². The molecule has 21 heavy (non-hydrogen) atoms. The van der Waals surface area contributed by atoms with E-state index in [0.29, 0.717) is 5.56 Å². The van der Waals surface area contributed by atoms with Crippen molar-refractivity contribution in [3.8, 4) is 6.07 Å². The second kappa shape index (κ2) is 7.61. The standard InChI is InChI=1S/C17H24N2OS/c1-3-5-8-12(4-2)16(20)19-17-14(11-18)13-9-6-7-10-15(13)21-17/h12H,3-10H2,1-2H3,(H,19,20)/t12-/m1/s1. The molecule has 0 aliphatic heterocycles. The second-order valence-electron chi connectivity index (χ2n) is 5.76. The Morgan fingerprint density at radius 2 is 2.14 bits per heavy atom. The van der Waals surface area contributed by atoms with Gasteiger partial charge in [0, 0.05) is 10.8 Å². The molecule has 0 fully saturated rings. The number of hydrogen-bond acceptors (Lipinski definition) is 3. The molecule has 1 heterocycles. The summed E-state index contributed by atoms with van der Waals surface area (Å²) in [5, 5.41) is 13.2. The first-order chi connectivity index (χ1) is 10.2. The summed E-state index contributed by atoms with van der Waals surface area (Å²) in [6, 6.07) is 2.30. The Morgan fingerprint density at radius 1 is 1.38 bits per heavy atom. The summed E-state index contributed by atoms with van der Waals surface area (Å²) in [5.74, 6) is 0.150. The van der Waals surface area contributed by atoms with E-state index in [4.69, 9.17) is 0 Å². The van der Waals surface area contributed by atoms with Crippen molar-refractivity contribution in [2.75, 3.05) is 5.32 Å². The van der Waals surface area contributed by atoms with E-state index >= 15 is 0 Å². The molecule has 1 amide bonds. The molecule has 3 nitrogen and oxygen atoms in total. The lowest BCUT2D eigenvalue weighted by Gasteiger charge is -2.13. The highest BCUT2D eigenvalue weighted by molar-refractivity contribution is 7.16. The fourth-order valence-electron chi connectivity index (χ4n) is 2.96. The topological polar surface area (TPSA) is 52.9 Å². The van der Waals surface area contributed by atoms with Gasteiger partial charge in [0.15, 0.2) is 0 Å². The van der Waals surface area contributed by atoms with Crippen LogP contribution < -0.4 is 5.32 Å². The summed E-state index contributed by atoms with van der Waals surface area (Å²) in [6.07, 6.45) is 8.37. The van der Waals surface area contributed by atoms with Gasteiger partial charge in [-0.05, 0) is 44.1 Å². The average molecular weight is 304 g/mol. The fourth-order valence-corrected chi connectivity index (χ4v) is 4.20. The van der Waals surface area contributed by atoms with Crippen molar-refractivity contribution >= 4 is 22.2 Å². The molecule has 0 saturated heterocycles. The van der Waals surface area contributed by atoms with Crippen molar-refractivity contribution in [2.24, 2.45) is 5.92 Å². The second-order valence-corrected chi connectivity index (χ2v) is 6.87. The Bertz CT molecular complexity index is 542. The number of unbranched alkanes of at least 4 members (excludes halogenated alkanes) is 1. The first-order valence-electron chi connectivity index (χ1n) is 8.06. The number of anilines is 1. The SMILES string of the molecule is CCCC[C@@H](CC)C(=O)Nc1sc2c(c1C#N)CCCC2. The minimum absolute atomic E-state index is 0.0654. The van der Waals surface area contributed by atoms with Crippen molar-refractivity contribution in [3.05, 3.63) is 16.0 Å². The molecule has 0 spiro atoms. The average Bonchev–Trinajstić information content (AvgIpc) is 2.85. The predicted molar refractivity (Wildman–Crippen MR) is 87.6 cm³/mol. The highest BCUT2D eigenvalue weighted by Gasteiger charge is 2.23. The van der Waals surface area contributed by atoms with Crippen LogP contribution in [0, 0.1) is 17.2 Å². The van der Waals surface area contributed by atoms with Crippen molar-refractivity contribution in [3.63, 3.8) is 0 Å². The van der Waals surface area contributed by atoms with Crippen molar-refractivity contribution < 1.29 is 4.79 Å². The zero-order valence-corrected chi connectivity index (χ0v) is 13.8. The van der Waals surface area contributed by atoms with Crippen LogP contribution in [0.3, 0.4) is 0 Å². The van der Waals surface area contributed by atoms with Crippen LogP contribution in [0.5, 0.6) is 0 Å². The molecule has 1 N–H and O–H groups in total. The van der Waals surface area contributed by atoms with Crippen molar-refractivity contribution in [1.29, 1.82) is 5.26 Å². The first kappa shape index (κ1) is 16.0. The molecule has 1 aliphatic rings. The quantitative estimate of drug-likeness (QED) is 0.831. The summed E-state index contributed by atoms with van der Waals surface area (Å²) < 4.78 is 0. The van der Waals surface area contributed by atoms with E-state index in [9.17, 15) is 10.1 Å². The van der Waals surface area contributed by atoms with Gasteiger partial charge in [0.2, 0.25) is 5.91 Å². The van der Waals surface area contributed by atoms with Gasteiger partial charge in [0.25, 0.3) is 0 Å². The molecule has 4 heteroatoms. The van der Waals surface area contributed by atoms with Gasteiger partial charge >= 0.3 is 0 Å². The van der Waals surface area contributed by atoms with Gasteiger partial charge < -0.3 is 5.32 Å². The van der Waals surface area contributed by atoms with E-state index < -0.39 is 0 Å². The molecule has 0 radical (unpaired) electrons. The van der Waals surface area contributed by atoms with Crippen LogP contribution in [0.2, 0.25) is 0 Å². The summed E-state index contributed by atoms with van der Waals surface area (Å²) >= 11 is 1.61. The minimum Gasteiger partial charge on any atom is -0.316 e. The monoisotopic (exact) mass is 304 g/mol. The van der Waals surface area contributed by atoms with Crippen LogP contribution in [-0.4, -0.2) is 5.91 Å². The van der Waals surface area contributed by atoms with Gasteiger partial charge in [0.1, 0.15) is 11.1 Å². The number of nitrogens with zero attached hydrogens (tertiary/aromatic N) is 1. The number of fused-ring (bicyclic) bond motifs is 1. The third-order valence-electron chi connectivity index (χ3n) is 4.29. The summed E-state index contributed by atoms with van der Waals surface area (Å²) in [4.78, 5) is 13.7. The van der Waals surface area contributed by atoms with E-state index in [2.05, 4.69) is 25.2 Å². The Labute approximate surface area is 131 Å². The number of thiophene rings is 1. The highest BCUT2D eigenvalue weighted by atomic mass is 32.1. The van der Waals surface area contributed by atoms with Crippen LogP contribution >= 0.6 is 11.3 Å². The molecule has 0 bridgehead atoms. The van der Waals surface area contributed by atoms with E-state index in [-0.39, 0.29) is 11.8 Å². The molecule has 1 aromatic heterocycles. The molecule has 0 aromatic carbocycles. The Kier molecular flexibility index (Phi) is 5.81. The fraction of sp³-hybridized carbons (Fsp3) is 0.647. The Hall–Kier alpha value is -1.34. The molecule has 1 aromatic rings. The zero-order chi connectivity index (χ0) is 15.2. The number of amides is 1. The van der Waals surface area contributed by atoms with Gasteiger partial charge in [-0.2, -0.15) is 5.26 Å². The lowest BCUT2D eigenvalue weighted by atomic mass is 9.95. The molecular weight excluding hydrogens is 280 g/mol. The van der Waals surface area contributed by atoms with Crippen molar-refractivity contribution in [1.82, 2.24) is 0 Å². The Balaban J connectivity index is 2.13. The minimum atomic E-state index is 0.0654. The summed E-state index contributed by atoms with van der Waals surface area (Å²) in [5.41, 5.74) is 1.90. The highest BCUT2D eigenvalue weighted by Crippen LogP contribution is 2.37. The maximum absolute atomic E-state index is 12.4. The number of rotatable bonds is 6. The number of carbonyl (C=O) groups is 1. The normalized spacial score (nSPS) is 15.1. The van der Waals surface area contributed by atoms with E-state index in [1.165, 1.54) is 16.9 Å². The van der Waals surface area contributed by atoms with E-state index in [1.807, 2.05) is 0 Å². The first-order valence-corrected chi connectivity index (χ1v) is 8.88. The molecule has 1 atom stereocenters. The maximum atomic E-state index is 12.4. The number of nitrogens with one attached hydrogen (secondary N) is 1. The number of nitriles is 1. The lowest BCUT2D eigenvalue weighted by molar-refractivity contribution is -0.120. The largest absolute Gasteiger partial charge is 0.316 e. The third kappa shape index (κ3) is 3.65. The molecular formula is C17H24N2OS. The predicted octanol–water partition coefficient (Wildman–Crippen LogP) is 4.65. The number of aryl methyl sites for hydroxylation is 1. The number of hydrogen-bond donors (Lipinski definition) is 1. The zero-order valence-electron chi connectivity index (χ0n) is 13.0. The van der Waals surface area contributed by atoms with E-state index in [0.717, 1.165) is 49.9 Å². The molecule has 114 valence electrons. The lowest BCUT2D eigenvalue weighted by Crippen LogP contribution is -2.22. The van der Waals surface area contributed by atoms with Crippen LogP contribution in [-0.2, 0) is 17.6 Å².